The van der Waals surface area contributed by atoms with Gasteiger partial charge in [-0.3, -0.25) is 9.52 Å². The summed E-state index contributed by atoms with van der Waals surface area (Å²) in [5.74, 6) is -0.457. The molecular weight excluding hydrogens is 366 g/mol. The molecule has 144 valence electrons. The summed E-state index contributed by atoms with van der Waals surface area (Å²) in [5.41, 5.74) is 1.40. The van der Waals surface area contributed by atoms with E-state index in [1.54, 1.807) is 36.4 Å². The van der Waals surface area contributed by atoms with Crippen molar-refractivity contribution in [3.05, 3.63) is 59.7 Å². The molecule has 1 aliphatic heterocycles. The predicted molar refractivity (Wildman–Crippen MR) is 103 cm³/mol. The molecule has 0 aromatic heterocycles. The molecule has 1 aliphatic rings. The first-order chi connectivity index (χ1) is 12.9. The fourth-order valence-electron chi connectivity index (χ4n) is 2.94. The molecule has 0 spiro atoms. The zero-order valence-electron chi connectivity index (χ0n) is 15.0. The molecule has 0 saturated carbocycles. The number of hydrogen-bond donors (Lipinski definition) is 4. The van der Waals surface area contributed by atoms with Crippen LogP contribution in [0, 0.1) is 12.8 Å². The highest BCUT2D eigenvalue weighted by Crippen LogP contribution is 2.20. The van der Waals surface area contributed by atoms with Gasteiger partial charge in [-0.25, -0.2) is 8.42 Å². The fourth-order valence-corrected chi connectivity index (χ4v) is 4.02. The van der Waals surface area contributed by atoms with Crippen LogP contribution in [0.4, 0.5) is 5.69 Å². The van der Waals surface area contributed by atoms with E-state index in [1.165, 1.54) is 12.1 Å². The molecule has 2 aromatic rings. The Hall–Kier alpha value is -2.42. The summed E-state index contributed by atoms with van der Waals surface area (Å²) in [5, 5.41) is 15.6. The maximum Gasteiger partial charge on any atom is 0.261 e. The van der Waals surface area contributed by atoms with Gasteiger partial charge in [0.1, 0.15) is 0 Å². The number of aliphatic hydroxyl groups excluding tert-OH is 1. The Kier molecular flexibility index (Phi) is 5.79. The van der Waals surface area contributed by atoms with Crippen molar-refractivity contribution in [3.63, 3.8) is 0 Å². The zero-order chi connectivity index (χ0) is 19.4. The van der Waals surface area contributed by atoms with E-state index in [0.29, 0.717) is 19.6 Å². The van der Waals surface area contributed by atoms with Crippen LogP contribution in [0.5, 0.6) is 0 Å². The number of β-amino-alcohol motifs (C(OH)–C–C–N with tert-alkyl or cyclic N) is 1. The molecule has 2 unspecified atom stereocenters. The fraction of sp³-hybridized carbons (Fsp3) is 0.316. The third kappa shape index (κ3) is 4.65. The number of aliphatic hydroxyl groups is 1. The Morgan fingerprint density at radius 3 is 2.52 bits per heavy atom. The minimum absolute atomic E-state index is 0.0645. The number of hydrogen-bond acceptors (Lipinski definition) is 5. The van der Waals surface area contributed by atoms with Crippen LogP contribution in [0.15, 0.2) is 53.4 Å². The van der Waals surface area contributed by atoms with Crippen LogP contribution in [0.25, 0.3) is 0 Å². The van der Waals surface area contributed by atoms with Gasteiger partial charge in [0.05, 0.1) is 22.3 Å². The molecule has 1 heterocycles. The molecule has 1 fully saturated rings. The van der Waals surface area contributed by atoms with Gasteiger partial charge in [-0.1, -0.05) is 29.8 Å². The normalized spacial score (nSPS) is 19.6. The smallest absolute Gasteiger partial charge is 0.261 e. The number of carbonyl (C=O) groups is 1. The van der Waals surface area contributed by atoms with Gasteiger partial charge in [0.15, 0.2) is 0 Å². The Bertz CT molecular complexity index is 913. The quantitative estimate of drug-likeness (QED) is 0.592. The predicted octanol–water partition coefficient (Wildman–Crippen LogP) is 1.11. The second kappa shape index (κ2) is 8.08. The molecule has 0 bridgehead atoms. The van der Waals surface area contributed by atoms with Gasteiger partial charge in [0, 0.05) is 25.6 Å². The summed E-state index contributed by atoms with van der Waals surface area (Å²) in [6.07, 6.45) is -0.499. The highest BCUT2D eigenvalue weighted by Gasteiger charge is 2.26. The number of carbonyl (C=O) groups excluding carboxylic acids is 1. The summed E-state index contributed by atoms with van der Waals surface area (Å²) >= 11 is 0. The van der Waals surface area contributed by atoms with E-state index >= 15 is 0 Å². The number of amides is 1. The first-order valence-corrected chi connectivity index (χ1v) is 10.2. The second-order valence-electron chi connectivity index (χ2n) is 6.66. The van der Waals surface area contributed by atoms with E-state index in [-0.39, 0.29) is 22.1 Å². The van der Waals surface area contributed by atoms with Gasteiger partial charge in [-0.2, -0.15) is 0 Å². The van der Waals surface area contributed by atoms with Crippen LogP contribution in [0.3, 0.4) is 0 Å². The van der Waals surface area contributed by atoms with Crippen molar-refractivity contribution in [2.45, 2.75) is 17.9 Å². The van der Waals surface area contributed by atoms with Gasteiger partial charge in [-0.05, 0) is 31.2 Å². The van der Waals surface area contributed by atoms with Gasteiger partial charge in [0.2, 0.25) is 0 Å². The maximum absolute atomic E-state index is 12.6. The maximum atomic E-state index is 12.6. The molecule has 2 atom stereocenters. The van der Waals surface area contributed by atoms with E-state index in [2.05, 4.69) is 15.4 Å². The summed E-state index contributed by atoms with van der Waals surface area (Å²) in [6, 6.07) is 12.9. The van der Waals surface area contributed by atoms with Crippen molar-refractivity contribution in [2.75, 3.05) is 24.4 Å². The molecule has 1 saturated heterocycles. The van der Waals surface area contributed by atoms with Crippen molar-refractivity contribution in [1.82, 2.24) is 10.6 Å². The van der Waals surface area contributed by atoms with E-state index in [9.17, 15) is 18.3 Å². The molecular formula is C19H23N3O4S. The van der Waals surface area contributed by atoms with Crippen LogP contribution >= 0.6 is 0 Å². The summed E-state index contributed by atoms with van der Waals surface area (Å²) < 4.78 is 27.7. The standard InChI is InChI=1S/C19H23N3O4S/c1-13-6-8-15(9-7-13)27(25,26)22-17-5-3-2-4-16(17)19(24)21-11-14-10-20-12-18(14)23/h2-9,14,18,20,22-23H,10-12H2,1H3,(H,21,24). The number of nitrogens with one attached hydrogen (secondary N) is 3. The van der Waals surface area contributed by atoms with E-state index in [1.807, 2.05) is 6.92 Å². The van der Waals surface area contributed by atoms with Gasteiger partial charge in [-0.15, -0.1) is 0 Å². The lowest BCUT2D eigenvalue weighted by Crippen LogP contribution is -2.34. The van der Waals surface area contributed by atoms with E-state index in [4.69, 9.17) is 0 Å². The molecule has 0 radical (unpaired) electrons. The third-order valence-corrected chi connectivity index (χ3v) is 5.96. The molecule has 3 rings (SSSR count). The molecule has 27 heavy (non-hydrogen) atoms. The Morgan fingerprint density at radius 1 is 1.15 bits per heavy atom. The molecule has 7 nitrogen and oxygen atoms in total. The largest absolute Gasteiger partial charge is 0.391 e. The highest BCUT2D eigenvalue weighted by molar-refractivity contribution is 7.92. The minimum Gasteiger partial charge on any atom is -0.391 e. The first-order valence-electron chi connectivity index (χ1n) is 8.72. The van der Waals surface area contributed by atoms with Gasteiger partial charge >= 0.3 is 0 Å². The third-order valence-electron chi connectivity index (χ3n) is 4.58. The van der Waals surface area contributed by atoms with Crippen LogP contribution in [0.2, 0.25) is 0 Å². The Morgan fingerprint density at radius 2 is 1.85 bits per heavy atom. The molecule has 1 amide bonds. The highest BCUT2D eigenvalue weighted by atomic mass is 32.2. The summed E-state index contributed by atoms with van der Waals surface area (Å²) in [6.45, 7) is 3.32. The SMILES string of the molecule is Cc1ccc(S(=O)(=O)Nc2ccccc2C(=O)NCC2CNCC2O)cc1. The molecule has 2 aromatic carbocycles. The van der Waals surface area contributed by atoms with Crippen molar-refractivity contribution >= 4 is 21.6 Å². The first kappa shape index (κ1) is 19.3. The summed E-state index contributed by atoms with van der Waals surface area (Å²) in [7, 11) is -3.81. The number of rotatable bonds is 6. The number of sulfonamides is 1. The van der Waals surface area contributed by atoms with E-state index in [0.717, 1.165) is 5.56 Å². The number of anilines is 1. The number of benzene rings is 2. The minimum atomic E-state index is -3.81. The lowest BCUT2D eigenvalue weighted by atomic mass is 10.1. The Balaban J connectivity index is 1.75. The number of aryl methyl sites for hydroxylation is 1. The molecule has 4 N–H and O–H groups in total. The topological polar surface area (TPSA) is 108 Å². The lowest BCUT2D eigenvalue weighted by Gasteiger charge is -2.16. The zero-order valence-corrected chi connectivity index (χ0v) is 15.8. The van der Waals surface area contributed by atoms with Crippen molar-refractivity contribution in [1.29, 1.82) is 0 Å². The van der Waals surface area contributed by atoms with Crippen molar-refractivity contribution < 1.29 is 18.3 Å². The average molecular weight is 389 g/mol. The monoisotopic (exact) mass is 389 g/mol. The van der Waals surface area contributed by atoms with Crippen molar-refractivity contribution in [3.8, 4) is 0 Å². The molecule has 0 aliphatic carbocycles. The van der Waals surface area contributed by atoms with Gasteiger partial charge < -0.3 is 15.7 Å². The molecule has 8 heteroatoms. The van der Waals surface area contributed by atoms with Gasteiger partial charge in [0.25, 0.3) is 15.9 Å². The average Bonchev–Trinajstić information content (AvgIpc) is 3.05. The van der Waals surface area contributed by atoms with Crippen LogP contribution in [-0.2, 0) is 10.0 Å². The van der Waals surface area contributed by atoms with Crippen LogP contribution < -0.4 is 15.4 Å². The second-order valence-corrected chi connectivity index (χ2v) is 8.34. The lowest BCUT2D eigenvalue weighted by molar-refractivity contribution is 0.0928. The summed E-state index contributed by atoms with van der Waals surface area (Å²) in [4.78, 5) is 12.7. The number of para-hydroxylation sites is 1. The van der Waals surface area contributed by atoms with Crippen LogP contribution in [0.1, 0.15) is 15.9 Å². The Labute approximate surface area is 158 Å². The van der Waals surface area contributed by atoms with E-state index < -0.39 is 22.0 Å². The van der Waals surface area contributed by atoms with Crippen LogP contribution in [-0.4, -0.2) is 45.2 Å². The van der Waals surface area contributed by atoms with Crippen molar-refractivity contribution in [2.24, 2.45) is 5.92 Å².